The number of rotatable bonds is 23. The molecule has 0 aliphatic heterocycles. The molecule has 0 aliphatic carbocycles. The molecule has 31 heavy (non-hydrogen) atoms. The van der Waals surface area contributed by atoms with Gasteiger partial charge in [-0.3, -0.25) is 9.89 Å². The molecule has 0 heterocycles. The van der Waals surface area contributed by atoms with Gasteiger partial charge in [-0.25, -0.2) is 0 Å². The van der Waals surface area contributed by atoms with E-state index in [0.29, 0.717) is 19.0 Å². The van der Waals surface area contributed by atoms with Crippen LogP contribution in [-0.4, -0.2) is 56.7 Å². The second-order valence-electron chi connectivity index (χ2n) is 8.55. The van der Waals surface area contributed by atoms with Crippen molar-refractivity contribution in [3.63, 3.8) is 0 Å². The van der Waals surface area contributed by atoms with Crippen LogP contribution in [0.4, 0.5) is 0 Å². The lowest BCUT2D eigenvalue weighted by Crippen LogP contribution is -2.41. The molecule has 0 aromatic carbocycles. The van der Waals surface area contributed by atoms with Gasteiger partial charge in [0.05, 0.1) is 0 Å². The summed E-state index contributed by atoms with van der Waals surface area (Å²) in [7, 11) is 0. The highest BCUT2D eigenvalue weighted by molar-refractivity contribution is 5.77. The van der Waals surface area contributed by atoms with E-state index in [1.54, 1.807) is 0 Å². The largest absolute Gasteiger partial charge is 0.370 e. The highest BCUT2D eigenvalue weighted by Crippen LogP contribution is 2.09. The summed E-state index contributed by atoms with van der Waals surface area (Å²) >= 11 is 0. The van der Waals surface area contributed by atoms with Gasteiger partial charge in [0, 0.05) is 45.8 Å². The molecule has 0 fully saturated rings. The second kappa shape index (κ2) is 25.2. The Morgan fingerprint density at radius 1 is 0.742 bits per heavy atom. The fourth-order valence-electron chi connectivity index (χ4n) is 3.66. The van der Waals surface area contributed by atoms with Crippen molar-refractivity contribution in [2.75, 3.05) is 45.8 Å². The first kappa shape index (κ1) is 29.9. The molecule has 0 amide bonds. The van der Waals surface area contributed by atoms with Gasteiger partial charge < -0.3 is 22.5 Å². The second-order valence-corrected chi connectivity index (χ2v) is 8.55. The number of unbranched alkanes of at least 4 members (excludes halogenated alkanes) is 12. The molecule has 6 nitrogen and oxygen atoms in total. The van der Waals surface area contributed by atoms with Crippen LogP contribution in [-0.2, 0) is 0 Å². The van der Waals surface area contributed by atoms with Crippen LogP contribution < -0.4 is 22.5 Å². The third kappa shape index (κ3) is 23.4. The molecular formula is C25H54N6. The minimum atomic E-state index is 0.549. The third-order valence-electron chi connectivity index (χ3n) is 5.58. The predicted octanol–water partition coefficient (Wildman–Crippen LogP) is 4.15. The van der Waals surface area contributed by atoms with Gasteiger partial charge in [-0.2, -0.15) is 0 Å². The third-order valence-corrected chi connectivity index (χ3v) is 5.58. The topological polar surface area (TPSA) is 106 Å². The summed E-state index contributed by atoms with van der Waals surface area (Å²) in [4.78, 5) is 6.66. The monoisotopic (exact) mass is 438 g/mol. The maximum atomic E-state index is 5.94. The number of aliphatic imine (C=N–C) groups is 1. The molecule has 0 unspecified atom stereocenters. The van der Waals surface area contributed by atoms with E-state index in [2.05, 4.69) is 34.3 Å². The Kier molecular flexibility index (Phi) is 24.3. The van der Waals surface area contributed by atoms with Gasteiger partial charge in [-0.1, -0.05) is 76.9 Å². The quantitative estimate of drug-likeness (QED) is 0.0830. The highest BCUT2D eigenvalue weighted by Gasteiger charge is 2.02. The minimum Gasteiger partial charge on any atom is -0.370 e. The predicted molar refractivity (Wildman–Crippen MR) is 138 cm³/mol. The average molecular weight is 439 g/mol. The molecule has 0 saturated carbocycles. The van der Waals surface area contributed by atoms with Crippen LogP contribution in [0, 0.1) is 0 Å². The summed E-state index contributed by atoms with van der Waals surface area (Å²) < 4.78 is 0. The maximum Gasteiger partial charge on any atom is 0.188 e. The van der Waals surface area contributed by atoms with E-state index in [9.17, 15) is 0 Å². The van der Waals surface area contributed by atoms with E-state index in [1.165, 1.54) is 83.5 Å². The van der Waals surface area contributed by atoms with Crippen LogP contribution in [0.3, 0.4) is 0 Å². The maximum absolute atomic E-state index is 5.94. The number of nitrogens with two attached hydrogens (primary N) is 3. The molecule has 0 aromatic heterocycles. The van der Waals surface area contributed by atoms with Crippen molar-refractivity contribution in [2.24, 2.45) is 22.2 Å². The lowest BCUT2D eigenvalue weighted by molar-refractivity contribution is 0.293. The fourth-order valence-corrected chi connectivity index (χ4v) is 3.66. The van der Waals surface area contributed by atoms with Crippen molar-refractivity contribution in [2.45, 2.75) is 96.8 Å². The first-order chi connectivity index (χ1) is 15.2. The SMILES string of the molecule is CCCCCCCC/C=C\CCCCCCCCN=C(N)NCCN(CCN)CCN. The number of hydrogen-bond acceptors (Lipinski definition) is 4. The number of hydrogen-bond donors (Lipinski definition) is 4. The smallest absolute Gasteiger partial charge is 0.188 e. The number of allylic oxidation sites excluding steroid dienone is 2. The van der Waals surface area contributed by atoms with Gasteiger partial charge in [0.25, 0.3) is 0 Å². The summed E-state index contributed by atoms with van der Waals surface area (Å²) in [5, 5.41) is 3.18. The van der Waals surface area contributed by atoms with Gasteiger partial charge in [-0.05, 0) is 32.1 Å². The van der Waals surface area contributed by atoms with Crippen molar-refractivity contribution in [1.29, 1.82) is 0 Å². The normalized spacial score (nSPS) is 12.3. The molecule has 6 heteroatoms. The van der Waals surface area contributed by atoms with Crippen molar-refractivity contribution >= 4 is 5.96 Å². The van der Waals surface area contributed by atoms with Crippen LogP contribution >= 0.6 is 0 Å². The summed E-state index contributed by atoms with van der Waals surface area (Å²) in [6.07, 6.45) is 23.3. The Labute approximate surface area is 193 Å². The first-order valence-corrected chi connectivity index (χ1v) is 13.1. The lowest BCUT2D eigenvalue weighted by atomic mass is 10.1. The molecular weight excluding hydrogens is 384 g/mol. The van der Waals surface area contributed by atoms with Gasteiger partial charge in [-0.15, -0.1) is 0 Å². The number of nitrogens with one attached hydrogen (secondary N) is 1. The van der Waals surface area contributed by atoms with Crippen LogP contribution in [0.15, 0.2) is 17.1 Å². The van der Waals surface area contributed by atoms with Crippen molar-refractivity contribution in [3.8, 4) is 0 Å². The van der Waals surface area contributed by atoms with Gasteiger partial charge in [0.15, 0.2) is 5.96 Å². The van der Waals surface area contributed by atoms with E-state index in [-0.39, 0.29) is 0 Å². The van der Waals surface area contributed by atoms with E-state index in [0.717, 1.165) is 39.1 Å². The zero-order valence-corrected chi connectivity index (χ0v) is 20.6. The first-order valence-electron chi connectivity index (χ1n) is 13.1. The Balaban J connectivity index is 3.41. The molecule has 184 valence electrons. The molecule has 0 atom stereocenters. The van der Waals surface area contributed by atoms with E-state index >= 15 is 0 Å². The van der Waals surface area contributed by atoms with E-state index < -0.39 is 0 Å². The van der Waals surface area contributed by atoms with Gasteiger partial charge in [0.1, 0.15) is 0 Å². The summed E-state index contributed by atoms with van der Waals surface area (Å²) in [6.45, 7) is 7.80. The lowest BCUT2D eigenvalue weighted by Gasteiger charge is -2.20. The highest BCUT2D eigenvalue weighted by atomic mass is 15.2. The molecule has 0 radical (unpaired) electrons. The molecule has 0 bridgehead atoms. The van der Waals surface area contributed by atoms with Crippen LogP contribution in [0.5, 0.6) is 0 Å². The zero-order chi connectivity index (χ0) is 22.8. The molecule has 0 saturated heterocycles. The Bertz CT molecular complexity index is 405. The molecule has 0 aromatic rings. The number of guanidine groups is 1. The summed E-state index contributed by atoms with van der Waals surface area (Å²) in [5.41, 5.74) is 17.2. The standard InChI is InChI=1S/C25H54N6/c1-2-3-4-5-6-7-8-9-10-11-12-13-14-15-16-17-20-29-25(28)30-21-24-31(22-18-26)23-19-27/h9-10H,2-8,11-24,26-27H2,1H3,(H3,28,29,30)/b10-9-. The van der Waals surface area contributed by atoms with Gasteiger partial charge >= 0.3 is 0 Å². The van der Waals surface area contributed by atoms with Crippen molar-refractivity contribution < 1.29 is 0 Å². The Morgan fingerprint density at radius 2 is 1.26 bits per heavy atom. The van der Waals surface area contributed by atoms with Crippen LogP contribution in [0.2, 0.25) is 0 Å². The summed E-state index contributed by atoms with van der Waals surface area (Å²) in [6, 6.07) is 0. The molecule has 7 N–H and O–H groups in total. The van der Waals surface area contributed by atoms with Crippen molar-refractivity contribution in [1.82, 2.24) is 10.2 Å². The van der Waals surface area contributed by atoms with Gasteiger partial charge in [0.2, 0.25) is 0 Å². The van der Waals surface area contributed by atoms with Crippen molar-refractivity contribution in [3.05, 3.63) is 12.2 Å². The number of nitrogens with zero attached hydrogens (tertiary/aromatic N) is 2. The van der Waals surface area contributed by atoms with Crippen LogP contribution in [0.25, 0.3) is 0 Å². The van der Waals surface area contributed by atoms with E-state index in [1.807, 2.05) is 0 Å². The summed E-state index contributed by atoms with van der Waals surface area (Å²) in [5.74, 6) is 0.549. The molecule has 0 spiro atoms. The Morgan fingerprint density at radius 3 is 1.81 bits per heavy atom. The zero-order valence-electron chi connectivity index (χ0n) is 20.6. The molecule has 0 aliphatic rings. The fraction of sp³-hybridized carbons (Fsp3) is 0.880. The average Bonchev–Trinajstić information content (AvgIpc) is 2.76. The minimum absolute atomic E-state index is 0.549. The van der Waals surface area contributed by atoms with Crippen LogP contribution in [0.1, 0.15) is 96.8 Å². The van der Waals surface area contributed by atoms with E-state index in [4.69, 9.17) is 17.2 Å². The molecule has 0 rings (SSSR count). The Hall–Kier alpha value is -1.11.